The Morgan fingerprint density at radius 3 is 2.35 bits per heavy atom. The zero-order chi connectivity index (χ0) is 24.5. The van der Waals surface area contributed by atoms with Crippen molar-refractivity contribution in [2.24, 2.45) is 0 Å². The van der Waals surface area contributed by atoms with Crippen LogP contribution >= 0.6 is 0 Å². The van der Waals surface area contributed by atoms with Crippen LogP contribution in [-0.4, -0.2) is 62.1 Å². The summed E-state index contributed by atoms with van der Waals surface area (Å²) in [5.41, 5.74) is 0.305. The van der Waals surface area contributed by atoms with Crippen molar-refractivity contribution in [2.45, 2.75) is 50.4 Å². The highest BCUT2D eigenvalue weighted by atomic mass is 32.2. The number of alkyl halides is 3. The molecule has 1 atom stereocenters. The molecule has 2 fully saturated rings. The van der Waals surface area contributed by atoms with Crippen molar-refractivity contribution < 1.29 is 35.4 Å². The number of ether oxygens (including phenoxy) is 1. The summed E-state index contributed by atoms with van der Waals surface area (Å²) in [7, 11) is -1.07. The third-order valence-corrected chi connectivity index (χ3v) is 7.31. The largest absolute Gasteiger partial charge is 0.487 e. The minimum Gasteiger partial charge on any atom is -0.487 e. The van der Waals surface area contributed by atoms with Crippen molar-refractivity contribution in [1.29, 1.82) is 0 Å². The maximum absolute atomic E-state index is 14.8. The van der Waals surface area contributed by atoms with Crippen LogP contribution in [0.1, 0.15) is 48.9 Å². The van der Waals surface area contributed by atoms with E-state index >= 15 is 0 Å². The Bertz CT molecular complexity index is 1020. The van der Waals surface area contributed by atoms with Crippen molar-refractivity contribution in [2.75, 3.05) is 32.4 Å². The van der Waals surface area contributed by atoms with Gasteiger partial charge >= 0.3 is 6.18 Å². The molecule has 0 N–H and O–H groups in total. The number of hydrogen-bond donors (Lipinski definition) is 0. The standard InChI is InChI=1S/C21H25F5N4O3S/c1-34(31)30-8-2-13(3-9-30)15-10-17(23)18(11-16(15)22)32-14-4-6-29(7-5-14)12-19-27-20(28-33-19)21(24,25)26/h10-11,13-14H,2-9,12H2,1H3. The van der Waals surface area contributed by atoms with Crippen molar-refractivity contribution in [3.05, 3.63) is 41.0 Å². The number of likely N-dealkylation sites (tertiary alicyclic amines) is 1. The van der Waals surface area contributed by atoms with E-state index in [1.807, 2.05) is 9.21 Å². The molecule has 2 aliphatic heterocycles. The second-order valence-corrected chi connectivity index (χ2v) is 9.90. The van der Waals surface area contributed by atoms with Crippen LogP contribution in [0.15, 0.2) is 16.7 Å². The summed E-state index contributed by atoms with van der Waals surface area (Å²) in [5, 5.41) is 2.94. The Hall–Kier alpha value is -2.12. The number of halogens is 5. The maximum atomic E-state index is 14.8. The normalized spacial score (nSPS) is 20.5. The summed E-state index contributed by atoms with van der Waals surface area (Å²) in [6, 6.07) is 2.27. The Labute approximate surface area is 195 Å². The van der Waals surface area contributed by atoms with Gasteiger partial charge in [-0.15, -0.1) is 0 Å². The molecule has 0 aliphatic carbocycles. The number of piperidine rings is 2. The van der Waals surface area contributed by atoms with Gasteiger partial charge in [0.15, 0.2) is 11.6 Å². The Morgan fingerprint density at radius 1 is 1.09 bits per heavy atom. The van der Waals surface area contributed by atoms with E-state index in [1.165, 1.54) is 6.07 Å². The van der Waals surface area contributed by atoms with Crippen LogP contribution in [0.2, 0.25) is 0 Å². The van der Waals surface area contributed by atoms with Crippen molar-refractivity contribution in [1.82, 2.24) is 19.3 Å². The summed E-state index contributed by atoms with van der Waals surface area (Å²) in [5.74, 6) is -2.90. The first-order valence-corrected chi connectivity index (χ1v) is 12.5. The fourth-order valence-corrected chi connectivity index (χ4v) is 5.09. The molecular formula is C21H25F5N4O3S. The lowest BCUT2D eigenvalue weighted by molar-refractivity contribution is -0.146. The van der Waals surface area contributed by atoms with Gasteiger partial charge < -0.3 is 9.26 Å². The van der Waals surface area contributed by atoms with Gasteiger partial charge in [-0.2, -0.15) is 18.2 Å². The molecule has 0 amide bonds. The molecule has 0 spiro atoms. The van der Waals surface area contributed by atoms with E-state index < -0.39 is 34.6 Å². The van der Waals surface area contributed by atoms with E-state index in [4.69, 9.17) is 4.74 Å². The van der Waals surface area contributed by atoms with Gasteiger partial charge in [0.05, 0.1) is 17.5 Å². The first-order chi connectivity index (χ1) is 16.1. The Kier molecular flexibility index (Phi) is 7.53. The highest BCUT2D eigenvalue weighted by molar-refractivity contribution is 7.81. The molecule has 3 heterocycles. The summed E-state index contributed by atoms with van der Waals surface area (Å²) < 4.78 is 91.0. The predicted octanol–water partition coefficient (Wildman–Crippen LogP) is 3.88. The van der Waals surface area contributed by atoms with Gasteiger partial charge in [0.1, 0.15) is 11.9 Å². The molecule has 7 nitrogen and oxygen atoms in total. The van der Waals surface area contributed by atoms with Gasteiger partial charge in [0.25, 0.3) is 5.82 Å². The van der Waals surface area contributed by atoms with Crippen molar-refractivity contribution in [3.63, 3.8) is 0 Å². The smallest absolute Gasteiger partial charge is 0.455 e. The molecule has 4 rings (SSSR count). The highest BCUT2D eigenvalue weighted by Crippen LogP contribution is 2.34. The summed E-state index contributed by atoms with van der Waals surface area (Å²) >= 11 is 0. The third-order valence-electron chi connectivity index (χ3n) is 6.22. The molecule has 0 radical (unpaired) electrons. The van der Waals surface area contributed by atoms with E-state index in [-0.39, 0.29) is 30.2 Å². The maximum Gasteiger partial charge on any atom is 0.455 e. The molecular weight excluding hydrogens is 483 g/mol. The van der Waals surface area contributed by atoms with Crippen LogP contribution in [0, 0.1) is 11.6 Å². The van der Waals surface area contributed by atoms with Crippen molar-refractivity contribution >= 4 is 11.0 Å². The minimum absolute atomic E-state index is 0.0674. The fraction of sp³-hybridized carbons (Fsp3) is 0.619. The van der Waals surface area contributed by atoms with E-state index in [2.05, 4.69) is 14.7 Å². The first kappa shape index (κ1) is 25.0. The average molecular weight is 509 g/mol. The highest BCUT2D eigenvalue weighted by Gasteiger charge is 2.37. The number of hydrogen-bond acceptors (Lipinski definition) is 6. The van der Waals surface area contributed by atoms with Gasteiger partial charge in [-0.05, 0) is 43.2 Å². The molecule has 34 heavy (non-hydrogen) atoms. The van der Waals surface area contributed by atoms with Gasteiger partial charge in [-0.3, -0.25) is 4.90 Å². The van der Waals surface area contributed by atoms with Crippen LogP contribution in [0.3, 0.4) is 0 Å². The van der Waals surface area contributed by atoms with Crippen molar-refractivity contribution in [3.8, 4) is 5.75 Å². The molecule has 1 unspecified atom stereocenters. The molecule has 13 heteroatoms. The first-order valence-electron chi connectivity index (χ1n) is 11.0. The van der Waals surface area contributed by atoms with Crippen LogP contribution in [0.4, 0.5) is 22.0 Å². The van der Waals surface area contributed by atoms with Gasteiger partial charge in [-0.25, -0.2) is 17.3 Å². The van der Waals surface area contributed by atoms with Crippen LogP contribution in [0.25, 0.3) is 0 Å². The minimum atomic E-state index is -4.66. The number of benzene rings is 1. The van der Waals surface area contributed by atoms with Gasteiger partial charge in [-0.1, -0.05) is 5.16 Å². The molecule has 1 aromatic carbocycles. The Balaban J connectivity index is 1.30. The lowest BCUT2D eigenvalue weighted by Crippen LogP contribution is -2.38. The van der Waals surface area contributed by atoms with E-state index in [9.17, 15) is 26.2 Å². The quantitative estimate of drug-likeness (QED) is 0.552. The van der Waals surface area contributed by atoms with E-state index in [1.54, 1.807) is 6.26 Å². The molecule has 1 aromatic heterocycles. The number of rotatable bonds is 6. The van der Waals surface area contributed by atoms with E-state index in [0.29, 0.717) is 57.4 Å². The SMILES string of the molecule is CS(=O)N1CCC(c2cc(F)c(OC3CCN(Cc4nc(C(F)(F)F)no4)CC3)cc2F)CC1. The predicted molar refractivity (Wildman–Crippen MR) is 112 cm³/mol. The zero-order valence-corrected chi connectivity index (χ0v) is 19.3. The summed E-state index contributed by atoms with van der Waals surface area (Å²) in [6.07, 6.45) is -1.26. The summed E-state index contributed by atoms with van der Waals surface area (Å²) in [6.45, 7) is 2.12. The topological polar surface area (TPSA) is 71.7 Å². The molecule has 0 bridgehead atoms. The lowest BCUT2D eigenvalue weighted by atomic mass is 9.89. The second kappa shape index (κ2) is 10.2. The molecule has 2 saturated heterocycles. The van der Waals surface area contributed by atoms with Gasteiger partial charge in [0.2, 0.25) is 5.89 Å². The third kappa shape index (κ3) is 5.92. The molecule has 2 aliphatic rings. The molecule has 0 saturated carbocycles. The lowest BCUT2D eigenvalue weighted by Gasteiger charge is -2.32. The van der Waals surface area contributed by atoms with Gasteiger partial charge in [0, 0.05) is 38.5 Å². The molecule has 188 valence electrons. The zero-order valence-electron chi connectivity index (χ0n) is 18.5. The Morgan fingerprint density at radius 2 is 1.76 bits per heavy atom. The monoisotopic (exact) mass is 508 g/mol. The number of aromatic nitrogens is 2. The number of nitrogens with zero attached hydrogens (tertiary/aromatic N) is 4. The second-order valence-electron chi connectivity index (χ2n) is 8.53. The average Bonchev–Trinajstić information content (AvgIpc) is 3.26. The van der Waals surface area contributed by atoms with E-state index in [0.717, 1.165) is 6.07 Å². The molecule has 2 aromatic rings. The summed E-state index contributed by atoms with van der Waals surface area (Å²) in [4.78, 5) is 5.19. The van der Waals surface area contributed by atoms with Crippen LogP contribution in [-0.2, 0) is 23.7 Å². The fourth-order valence-electron chi connectivity index (χ4n) is 4.36. The van der Waals surface area contributed by atoms with Crippen LogP contribution in [0.5, 0.6) is 5.75 Å². The van der Waals surface area contributed by atoms with Crippen LogP contribution < -0.4 is 4.74 Å².